The van der Waals surface area contributed by atoms with Crippen molar-refractivity contribution < 1.29 is 14.6 Å². The third kappa shape index (κ3) is 2.09. The number of aromatic hydroxyl groups is 1. The van der Waals surface area contributed by atoms with Crippen LogP contribution in [0.3, 0.4) is 0 Å². The number of nitrogens with zero attached hydrogens (tertiary/aromatic N) is 1. The van der Waals surface area contributed by atoms with Crippen LogP contribution in [0.2, 0.25) is 0 Å². The van der Waals surface area contributed by atoms with E-state index < -0.39 is 0 Å². The maximum atomic E-state index is 11.2. The minimum absolute atomic E-state index is 0.190. The first-order valence-corrected chi connectivity index (χ1v) is 5.13. The Bertz CT molecular complexity index is 406. The van der Waals surface area contributed by atoms with Crippen molar-refractivity contribution in [1.82, 2.24) is 4.90 Å². The quantitative estimate of drug-likeness (QED) is 0.793. The monoisotopic (exact) mass is 222 g/mol. The number of amides is 1. The molecule has 3 N–H and O–H groups in total. The Labute approximate surface area is 93.4 Å². The van der Waals surface area contributed by atoms with Gasteiger partial charge in [-0.25, -0.2) is 4.79 Å². The van der Waals surface area contributed by atoms with Gasteiger partial charge in [-0.1, -0.05) is 6.07 Å². The molecule has 0 saturated carbocycles. The summed E-state index contributed by atoms with van der Waals surface area (Å²) in [5.74, 6) is 0.190. The lowest BCUT2D eigenvalue weighted by atomic mass is 10.1. The molecule has 1 amide bonds. The van der Waals surface area contributed by atoms with Crippen LogP contribution in [0.5, 0.6) is 5.75 Å². The zero-order chi connectivity index (χ0) is 11.5. The fraction of sp³-hybridized carbons (Fsp3) is 0.364. The summed E-state index contributed by atoms with van der Waals surface area (Å²) in [5, 5.41) is 9.46. The molecule has 1 aliphatic heterocycles. The number of cyclic esters (lactones) is 1. The Balaban J connectivity index is 2.12. The van der Waals surface area contributed by atoms with E-state index in [1.165, 1.54) is 0 Å². The van der Waals surface area contributed by atoms with E-state index in [1.807, 2.05) is 0 Å². The van der Waals surface area contributed by atoms with Crippen molar-refractivity contribution in [3.63, 3.8) is 0 Å². The highest BCUT2D eigenvalue weighted by atomic mass is 16.6. The molecule has 0 aliphatic carbocycles. The van der Waals surface area contributed by atoms with Gasteiger partial charge in [0.1, 0.15) is 12.4 Å². The van der Waals surface area contributed by atoms with Gasteiger partial charge in [-0.3, -0.25) is 0 Å². The van der Waals surface area contributed by atoms with E-state index >= 15 is 0 Å². The molecule has 0 aromatic heterocycles. The number of phenols is 1. The van der Waals surface area contributed by atoms with Gasteiger partial charge in [-0.05, 0) is 17.7 Å². The van der Waals surface area contributed by atoms with Gasteiger partial charge in [0.2, 0.25) is 0 Å². The molecule has 1 aromatic rings. The zero-order valence-electron chi connectivity index (χ0n) is 8.85. The predicted octanol–water partition coefficient (Wildman–Crippen LogP) is 0.803. The highest BCUT2D eigenvalue weighted by Gasteiger charge is 2.21. The molecule has 5 heteroatoms. The molecule has 0 unspecified atom stereocenters. The third-order valence-corrected chi connectivity index (χ3v) is 2.58. The number of benzene rings is 1. The molecule has 16 heavy (non-hydrogen) atoms. The molecular formula is C11H14N2O3. The number of rotatable bonds is 3. The average Bonchev–Trinajstić information content (AvgIpc) is 2.67. The Morgan fingerprint density at radius 2 is 2.31 bits per heavy atom. The SMILES string of the molecule is NCc1cc(CN2CCOC2=O)ccc1O. The third-order valence-electron chi connectivity index (χ3n) is 2.58. The number of hydrogen-bond donors (Lipinski definition) is 2. The van der Waals surface area contributed by atoms with E-state index in [0.29, 0.717) is 25.3 Å². The molecule has 2 rings (SSSR count). The Hall–Kier alpha value is -1.75. The van der Waals surface area contributed by atoms with Crippen LogP contribution >= 0.6 is 0 Å². The van der Waals surface area contributed by atoms with Gasteiger partial charge in [0.25, 0.3) is 0 Å². The van der Waals surface area contributed by atoms with Crippen LogP contribution in [-0.2, 0) is 17.8 Å². The highest BCUT2D eigenvalue weighted by molar-refractivity contribution is 5.69. The first-order valence-electron chi connectivity index (χ1n) is 5.13. The van der Waals surface area contributed by atoms with Crippen molar-refractivity contribution in [3.05, 3.63) is 29.3 Å². The van der Waals surface area contributed by atoms with Gasteiger partial charge in [0.15, 0.2) is 0 Å². The van der Waals surface area contributed by atoms with E-state index in [1.54, 1.807) is 23.1 Å². The molecule has 0 atom stereocenters. The van der Waals surface area contributed by atoms with Gasteiger partial charge in [-0.2, -0.15) is 0 Å². The highest BCUT2D eigenvalue weighted by Crippen LogP contribution is 2.19. The summed E-state index contributed by atoms with van der Waals surface area (Å²) in [6.45, 7) is 1.83. The standard InChI is InChI=1S/C11H14N2O3/c12-6-9-5-8(1-2-10(9)14)7-13-3-4-16-11(13)15/h1-2,5,14H,3-4,6-7,12H2. The lowest BCUT2D eigenvalue weighted by Gasteiger charge is -2.13. The summed E-state index contributed by atoms with van der Waals surface area (Å²) >= 11 is 0. The first-order chi connectivity index (χ1) is 7.70. The normalized spacial score (nSPS) is 15.3. The predicted molar refractivity (Wildman–Crippen MR) is 57.8 cm³/mol. The van der Waals surface area contributed by atoms with Gasteiger partial charge < -0.3 is 20.5 Å². The van der Waals surface area contributed by atoms with Crippen molar-refractivity contribution in [2.45, 2.75) is 13.1 Å². The van der Waals surface area contributed by atoms with Crippen LogP contribution in [0.15, 0.2) is 18.2 Å². The van der Waals surface area contributed by atoms with E-state index in [-0.39, 0.29) is 18.4 Å². The van der Waals surface area contributed by atoms with Crippen LogP contribution in [0.4, 0.5) is 4.79 Å². The number of carbonyl (C=O) groups is 1. The summed E-state index contributed by atoms with van der Waals surface area (Å²) in [6.07, 6.45) is -0.289. The van der Waals surface area contributed by atoms with Gasteiger partial charge in [0.05, 0.1) is 6.54 Å². The Morgan fingerprint density at radius 3 is 2.94 bits per heavy atom. The summed E-state index contributed by atoms with van der Waals surface area (Å²) in [4.78, 5) is 12.8. The smallest absolute Gasteiger partial charge is 0.410 e. The van der Waals surface area contributed by atoms with Gasteiger partial charge >= 0.3 is 6.09 Å². The molecule has 1 fully saturated rings. The largest absolute Gasteiger partial charge is 0.508 e. The molecule has 5 nitrogen and oxygen atoms in total. The van der Waals surface area contributed by atoms with Crippen LogP contribution in [0.25, 0.3) is 0 Å². The lowest BCUT2D eigenvalue weighted by Crippen LogP contribution is -2.23. The molecule has 0 bridgehead atoms. The lowest BCUT2D eigenvalue weighted by molar-refractivity contribution is 0.157. The van der Waals surface area contributed by atoms with Crippen LogP contribution < -0.4 is 5.73 Å². The fourth-order valence-electron chi connectivity index (χ4n) is 1.69. The van der Waals surface area contributed by atoms with Crippen molar-refractivity contribution >= 4 is 6.09 Å². The van der Waals surface area contributed by atoms with E-state index in [0.717, 1.165) is 5.56 Å². The molecule has 1 heterocycles. The molecule has 86 valence electrons. The minimum Gasteiger partial charge on any atom is -0.508 e. The topological polar surface area (TPSA) is 75.8 Å². The van der Waals surface area contributed by atoms with Crippen molar-refractivity contribution in [2.75, 3.05) is 13.2 Å². The minimum atomic E-state index is -0.289. The molecule has 0 spiro atoms. The van der Waals surface area contributed by atoms with Crippen LogP contribution in [-0.4, -0.2) is 29.3 Å². The average molecular weight is 222 g/mol. The molecule has 1 saturated heterocycles. The second-order valence-corrected chi connectivity index (χ2v) is 3.70. The number of phenolic OH excluding ortho intramolecular Hbond substituents is 1. The van der Waals surface area contributed by atoms with E-state index in [9.17, 15) is 9.90 Å². The maximum absolute atomic E-state index is 11.2. The maximum Gasteiger partial charge on any atom is 0.410 e. The summed E-state index contributed by atoms with van der Waals surface area (Å²) in [5.41, 5.74) is 7.12. The van der Waals surface area contributed by atoms with Crippen molar-refractivity contribution in [1.29, 1.82) is 0 Å². The number of ether oxygens (including phenoxy) is 1. The van der Waals surface area contributed by atoms with Crippen LogP contribution in [0.1, 0.15) is 11.1 Å². The van der Waals surface area contributed by atoms with Crippen molar-refractivity contribution in [2.24, 2.45) is 5.73 Å². The molecule has 0 radical (unpaired) electrons. The molecule has 1 aromatic carbocycles. The summed E-state index contributed by atoms with van der Waals surface area (Å²) in [6, 6.07) is 5.18. The summed E-state index contributed by atoms with van der Waals surface area (Å²) < 4.78 is 4.83. The fourth-order valence-corrected chi connectivity index (χ4v) is 1.69. The first kappa shape index (κ1) is 10.8. The Kier molecular flexibility index (Phi) is 2.96. The molecular weight excluding hydrogens is 208 g/mol. The van der Waals surface area contributed by atoms with E-state index in [2.05, 4.69) is 0 Å². The van der Waals surface area contributed by atoms with Crippen molar-refractivity contribution in [3.8, 4) is 5.75 Å². The summed E-state index contributed by atoms with van der Waals surface area (Å²) in [7, 11) is 0. The zero-order valence-corrected chi connectivity index (χ0v) is 8.85. The number of hydrogen-bond acceptors (Lipinski definition) is 4. The Morgan fingerprint density at radius 1 is 1.50 bits per heavy atom. The second kappa shape index (κ2) is 4.40. The number of nitrogens with two attached hydrogens (primary N) is 1. The number of carbonyl (C=O) groups excluding carboxylic acids is 1. The van der Waals surface area contributed by atoms with Crippen LogP contribution in [0, 0.1) is 0 Å². The second-order valence-electron chi connectivity index (χ2n) is 3.70. The molecule has 1 aliphatic rings. The van der Waals surface area contributed by atoms with Gasteiger partial charge in [0, 0.05) is 18.7 Å². The van der Waals surface area contributed by atoms with E-state index in [4.69, 9.17) is 10.5 Å². The van der Waals surface area contributed by atoms with Gasteiger partial charge in [-0.15, -0.1) is 0 Å².